The maximum atomic E-state index is 13.5. The SMILES string of the molecule is CC(OC(=O)/C=C(/c1ccccc1)C(F)(F)F)c1nc2ccccc2n1C(F)F. The lowest BCUT2D eigenvalue weighted by Crippen LogP contribution is -2.16. The van der Waals surface area contributed by atoms with E-state index in [1.165, 1.54) is 49.4 Å². The van der Waals surface area contributed by atoms with Gasteiger partial charge in [0.1, 0.15) is 0 Å². The minimum Gasteiger partial charge on any atom is -0.451 e. The van der Waals surface area contributed by atoms with Crippen LogP contribution < -0.4 is 0 Å². The maximum absolute atomic E-state index is 13.5. The van der Waals surface area contributed by atoms with Crippen molar-refractivity contribution >= 4 is 22.6 Å². The first-order valence-electron chi connectivity index (χ1n) is 8.48. The van der Waals surface area contributed by atoms with Crippen LogP contribution >= 0.6 is 0 Å². The molecular weight excluding hydrogens is 395 g/mol. The maximum Gasteiger partial charge on any atom is 0.417 e. The number of carbonyl (C=O) groups is 1. The number of benzene rings is 2. The smallest absolute Gasteiger partial charge is 0.417 e. The Kier molecular flexibility index (Phi) is 5.67. The summed E-state index contributed by atoms with van der Waals surface area (Å²) in [7, 11) is 0. The van der Waals surface area contributed by atoms with E-state index in [9.17, 15) is 26.7 Å². The first-order chi connectivity index (χ1) is 13.7. The number of imidazole rings is 1. The van der Waals surface area contributed by atoms with Crippen molar-refractivity contribution in [1.82, 2.24) is 9.55 Å². The third-order valence-electron chi connectivity index (χ3n) is 4.13. The molecule has 2 aromatic carbocycles. The topological polar surface area (TPSA) is 44.1 Å². The van der Waals surface area contributed by atoms with Gasteiger partial charge in [-0.15, -0.1) is 0 Å². The number of carbonyl (C=O) groups excluding carboxylic acids is 1. The van der Waals surface area contributed by atoms with Gasteiger partial charge < -0.3 is 4.74 Å². The Hall–Kier alpha value is -3.23. The molecule has 0 aliphatic rings. The van der Waals surface area contributed by atoms with Crippen molar-refractivity contribution < 1.29 is 31.5 Å². The Balaban J connectivity index is 1.91. The van der Waals surface area contributed by atoms with Crippen LogP contribution in [0, 0.1) is 0 Å². The van der Waals surface area contributed by atoms with Crippen molar-refractivity contribution in [3.63, 3.8) is 0 Å². The first kappa shape index (κ1) is 20.5. The quantitative estimate of drug-likeness (QED) is 0.309. The summed E-state index contributed by atoms with van der Waals surface area (Å²) in [6.07, 6.45) is -5.80. The zero-order valence-corrected chi connectivity index (χ0v) is 15.0. The van der Waals surface area contributed by atoms with Gasteiger partial charge in [-0.2, -0.15) is 22.0 Å². The van der Waals surface area contributed by atoms with Crippen molar-refractivity contribution in [3.8, 4) is 0 Å². The average molecular weight is 410 g/mol. The molecule has 0 spiro atoms. The molecule has 0 amide bonds. The summed E-state index contributed by atoms with van der Waals surface area (Å²) in [5, 5.41) is 0. The van der Waals surface area contributed by atoms with E-state index in [0.29, 0.717) is 10.6 Å². The number of halogens is 5. The van der Waals surface area contributed by atoms with Crippen molar-refractivity contribution in [3.05, 3.63) is 72.1 Å². The number of allylic oxidation sites excluding steroid dienone is 1. The largest absolute Gasteiger partial charge is 0.451 e. The van der Waals surface area contributed by atoms with E-state index < -0.39 is 30.4 Å². The van der Waals surface area contributed by atoms with E-state index in [4.69, 9.17) is 4.74 Å². The monoisotopic (exact) mass is 410 g/mol. The Bertz CT molecular complexity index is 1040. The molecule has 3 aromatic rings. The molecule has 0 saturated carbocycles. The molecule has 1 atom stereocenters. The molecule has 0 N–H and O–H groups in total. The minimum absolute atomic E-state index is 0.121. The highest BCUT2D eigenvalue weighted by Crippen LogP contribution is 2.34. The van der Waals surface area contributed by atoms with Gasteiger partial charge in [0.25, 0.3) is 0 Å². The van der Waals surface area contributed by atoms with Crippen LogP contribution in [-0.4, -0.2) is 21.7 Å². The minimum atomic E-state index is -4.81. The highest BCUT2D eigenvalue weighted by molar-refractivity contribution is 5.92. The molecule has 29 heavy (non-hydrogen) atoms. The number of rotatable bonds is 5. The first-order valence-corrected chi connectivity index (χ1v) is 8.48. The van der Waals surface area contributed by atoms with Crippen LogP contribution in [-0.2, 0) is 9.53 Å². The van der Waals surface area contributed by atoms with E-state index in [2.05, 4.69) is 4.98 Å². The second-order valence-corrected chi connectivity index (χ2v) is 6.11. The van der Waals surface area contributed by atoms with Crippen molar-refractivity contribution in [2.24, 2.45) is 0 Å². The molecule has 9 heteroatoms. The number of hydrogen-bond donors (Lipinski definition) is 0. The number of ether oxygens (including phenoxy) is 1. The van der Waals surface area contributed by atoms with Crippen LogP contribution in [0.15, 0.2) is 60.7 Å². The molecule has 1 heterocycles. The summed E-state index contributed by atoms with van der Waals surface area (Å²) in [4.78, 5) is 16.2. The summed E-state index contributed by atoms with van der Waals surface area (Å²) >= 11 is 0. The van der Waals surface area contributed by atoms with Crippen molar-refractivity contribution in [2.45, 2.75) is 25.8 Å². The van der Waals surface area contributed by atoms with Gasteiger partial charge in [-0.05, 0) is 24.6 Å². The van der Waals surface area contributed by atoms with Crippen molar-refractivity contribution in [1.29, 1.82) is 0 Å². The highest BCUT2D eigenvalue weighted by atomic mass is 19.4. The van der Waals surface area contributed by atoms with Crippen LogP contribution in [0.2, 0.25) is 0 Å². The summed E-state index contributed by atoms with van der Waals surface area (Å²) in [6.45, 7) is -1.70. The number of esters is 1. The van der Waals surface area contributed by atoms with Crippen LogP contribution in [0.4, 0.5) is 22.0 Å². The van der Waals surface area contributed by atoms with Gasteiger partial charge in [0.05, 0.1) is 16.6 Å². The molecule has 4 nitrogen and oxygen atoms in total. The highest BCUT2D eigenvalue weighted by Gasteiger charge is 2.36. The zero-order valence-electron chi connectivity index (χ0n) is 15.0. The van der Waals surface area contributed by atoms with Gasteiger partial charge in [0.15, 0.2) is 11.9 Å². The Morgan fingerprint density at radius 1 is 1.07 bits per heavy atom. The molecule has 1 unspecified atom stereocenters. The van der Waals surface area contributed by atoms with Crippen LogP contribution in [0.25, 0.3) is 16.6 Å². The summed E-state index contributed by atoms with van der Waals surface area (Å²) < 4.78 is 72.6. The van der Waals surface area contributed by atoms with E-state index >= 15 is 0 Å². The van der Waals surface area contributed by atoms with Gasteiger partial charge >= 0.3 is 18.7 Å². The second kappa shape index (κ2) is 8.02. The van der Waals surface area contributed by atoms with Crippen LogP contribution in [0.3, 0.4) is 0 Å². The lowest BCUT2D eigenvalue weighted by molar-refractivity contribution is -0.143. The fourth-order valence-corrected chi connectivity index (χ4v) is 2.88. The van der Waals surface area contributed by atoms with Gasteiger partial charge in [0.2, 0.25) is 0 Å². The molecule has 3 rings (SSSR count). The molecule has 152 valence electrons. The van der Waals surface area contributed by atoms with E-state index in [1.54, 1.807) is 12.1 Å². The number of para-hydroxylation sites is 2. The van der Waals surface area contributed by atoms with E-state index in [1.807, 2.05) is 0 Å². The third-order valence-corrected chi connectivity index (χ3v) is 4.13. The zero-order chi connectivity index (χ0) is 21.2. The predicted molar refractivity (Wildman–Crippen MR) is 96.0 cm³/mol. The second-order valence-electron chi connectivity index (χ2n) is 6.11. The van der Waals surface area contributed by atoms with Crippen LogP contribution in [0.1, 0.15) is 31.0 Å². The Morgan fingerprint density at radius 2 is 1.69 bits per heavy atom. The Morgan fingerprint density at radius 3 is 2.31 bits per heavy atom. The summed E-state index contributed by atoms with van der Waals surface area (Å²) in [5.74, 6) is -1.59. The van der Waals surface area contributed by atoms with Gasteiger partial charge in [-0.3, -0.25) is 4.57 Å². The van der Waals surface area contributed by atoms with Gasteiger partial charge in [-0.1, -0.05) is 42.5 Å². The molecule has 0 radical (unpaired) electrons. The van der Waals surface area contributed by atoms with Gasteiger partial charge in [0, 0.05) is 6.08 Å². The molecule has 1 aromatic heterocycles. The average Bonchev–Trinajstić information content (AvgIpc) is 3.06. The number of alkyl halides is 5. The normalized spacial score (nSPS) is 13.7. The lowest BCUT2D eigenvalue weighted by Gasteiger charge is -2.15. The third kappa shape index (κ3) is 4.44. The fourth-order valence-electron chi connectivity index (χ4n) is 2.88. The van der Waals surface area contributed by atoms with Gasteiger partial charge in [-0.25, -0.2) is 9.78 Å². The number of nitrogens with zero attached hydrogens (tertiary/aromatic N) is 2. The summed E-state index contributed by atoms with van der Waals surface area (Å²) in [6, 6.07) is 12.8. The predicted octanol–water partition coefficient (Wildman–Crippen LogP) is 5.68. The lowest BCUT2D eigenvalue weighted by atomic mass is 10.1. The number of hydrogen-bond acceptors (Lipinski definition) is 3. The van der Waals surface area contributed by atoms with E-state index in [0.717, 1.165) is 0 Å². The summed E-state index contributed by atoms with van der Waals surface area (Å²) in [5.41, 5.74) is -1.04. The van der Waals surface area contributed by atoms with E-state index in [-0.39, 0.29) is 22.4 Å². The Labute approximate surface area is 162 Å². The number of fused-ring (bicyclic) bond motifs is 1. The fraction of sp³-hybridized carbons (Fsp3) is 0.200. The molecule has 0 bridgehead atoms. The van der Waals surface area contributed by atoms with Crippen molar-refractivity contribution in [2.75, 3.05) is 0 Å². The molecule has 0 aliphatic carbocycles. The van der Waals surface area contributed by atoms with Crippen LogP contribution in [0.5, 0.6) is 0 Å². The molecule has 0 fully saturated rings. The molecule has 0 aliphatic heterocycles. The number of aromatic nitrogens is 2. The standard InChI is InChI=1S/C20H15F5N2O2/c1-12(18-26-15-9-5-6-10-16(15)27(18)19(21)22)29-17(28)11-14(20(23,24)25)13-7-3-2-4-8-13/h2-12,19H,1H3/b14-11-. The molecule has 0 saturated heterocycles. The molecular formula is C20H15F5N2O2.